The van der Waals surface area contributed by atoms with Crippen LogP contribution in [0, 0.1) is 5.92 Å². The van der Waals surface area contributed by atoms with Gasteiger partial charge in [0, 0.05) is 12.1 Å². The fourth-order valence-electron chi connectivity index (χ4n) is 3.84. The van der Waals surface area contributed by atoms with E-state index < -0.39 is 0 Å². The van der Waals surface area contributed by atoms with Crippen LogP contribution >= 0.6 is 0 Å². The molecule has 1 aliphatic carbocycles. The standard InChI is InChI=1S/C21H29N3O2/c1-2-18-9-5-6-10-19(18)22-20(25)16-23-11-13-24(14-12-23)21(26)15-17-7-3-4-8-17/h3,5-7,9-10,17H,2,4,8,11-16H2,1H3,(H,22,25)/p+1/t17-/m0/s1. The van der Waals surface area contributed by atoms with Crippen molar-refractivity contribution in [3.8, 4) is 0 Å². The number of para-hydroxylation sites is 1. The zero-order valence-electron chi connectivity index (χ0n) is 15.7. The largest absolute Gasteiger partial charge is 0.331 e. The SMILES string of the molecule is CCc1ccccc1NC(=O)C[NH+]1CCN(C(=O)C[C@H]2C=CCC2)CC1. The lowest BCUT2D eigenvalue weighted by Crippen LogP contribution is -3.15. The molecule has 26 heavy (non-hydrogen) atoms. The van der Waals surface area contributed by atoms with Crippen LogP contribution in [0.25, 0.3) is 0 Å². The van der Waals surface area contributed by atoms with Gasteiger partial charge in [0.25, 0.3) is 5.91 Å². The zero-order chi connectivity index (χ0) is 18.4. The molecule has 0 saturated carbocycles. The van der Waals surface area contributed by atoms with Gasteiger partial charge in [-0.05, 0) is 36.8 Å². The number of benzene rings is 1. The highest BCUT2D eigenvalue weighted by Gasteiger charge is 2.26. The molecule has 2 aliphatic rings. The number of allylic oxidation sites excluding steroid dienone is 2. The Bertz CT molecular complexity index is 663. The zero-order valence-corrected chi connectivity index (χ0v) is 15.7. The van der Waals surface area contributed by atoms with Crippen LogP contribution in [0.15, 0.2) is 36.4 Å². The van der Waals surface area contributed by atoms with E-state index in [2.05, 4.69) is 24.4 Å². The van der Waals surface area contributed by atoms with Crippen LogP contribution in [0.5, 0.6) is 0 Å². The number of hydrogen-bond acceptors (Lipinski definition) is 2. The summed E-state index contributed by atoms with van der Waals surface area (Å²) in [4.78, 5) is 28.0. The molecular formula is C21H30N3O2+. The smallest absolute Gasteiger partial charge is 0.279 e. The van der Waals surface area contributed by atoms with Crippen molar-refractivity contribution in [1.29, 1.82) is 0 Å². The first-order valence-electron chi connectivity index (χ1n) is 9.81. The second-order valence-corrected chi connectivity index (χ2v) is 7.34. The topological polar surface area (TPSA) is 53.9 Å². The molecule has 2 amide bonds. The third-order valence-electron chi connectivity index (χ3n) is 5.46. The van der Waals surface area contributed by atoms with Gasteiger partial charge in [-0.3, -0.25) is 9.59 Å². The molecule has 1 aliphatic heterocycles. The molecule has 1 fully saturated rings. The van der Waals surface area contributed by atoms with E-state index in [0.29, 0.717) is 18.9 Å². The molecule has 140 valence electrons. The number of carbonyl (C=O) groups is 2. The number of piperazine rings is 1. The van der Waals surface area contributed by atoms with E-state index >= 15 is 0 Å². The van der Waals surface area contributed by atoms with Gasteiger partial charge in [-0.25, -0.2) is 0 Å². The number of carbonyl (C=O) groups excluding carboxylic acids is 2. The first kappa shape index (κ1) is 18.6. The lowest BCUT2D eigenvalue weighted by Gasteiger charge is -2.32. The number of aryl methyl sites for hydroxylation is 1. The molecule has 0 bridgehead atoms. The highest BCUT2D eigenvalue weighted by Crippen LogP contribution is 2.21. The van der Waals surface area contributed by atoms with E-state index in [1.807, 2.05) is 29.2 Å². The predicted octanol–water partition coefficient (Wildman–Crippen LogP) is 1.27. The van der Waals surface area contributed by atoms with Crippen molar-refractivity contribution >= 4 is 17.5 Å². The molecule has 5 nitrogen and oxygen atoms in total. The third kappa shape index (κ3) is 4.94. The Hall–Kier alpha value is -2.14. The monoisotopic (exact) mass is 356 g/mol. The number of hydrogen-bond donors (Lipinski definition) is 2. The summed E-state index contributed by atoms with van der Waals surface area (Å²) in [5.41, 5.74) is 2.07. The van der Waals surface area contributed by atoms with E-state index in [1.165, 1.54) is 4.90 Å². The van der Waals surface area contributed by atoms with Gasteiger partial charge in [0.2, 0.25) is 5.91 Å². The van der Waals surface area contributed by atoms with E-state index in [0.717, 1.165) is 56.7 Å². The van der Waals surface area contributed by atoms with Gasteiger partial charge in [-0.15, -0.1) is 0 Å². The van der Waals surface area contributed by atoms with Gasteiger partial charge < -0.3 is 15.1 Å². The van der Waals surface area contributed by atoms with E-state index in [9.17, 15) is 9.59 Å². The van der Waals surface area contributed by atoms with Crippen molar-refractivity contribution in [2.24, 2.45) is 5.92 Å². The molecule has 5 heteroatoms. The van der Waals surface area contributed by atoms with Gasteiger partial charge >= 0.3 is 0 Å². The summed E-state index contributed by atoms with van der Waals surface area (Å²) in [7, 11) is 0. The van der Waals surface area contributed by atoms with Crippen molar-refractivity contribution in [1.82, 2.24) is 4.90 Å². The maximum absolute atomic E-state index is 12.4. The van der Waals surface area contributed by atoms with Gasteiger partial charge in [0.15, 0.2) is 6.54 Å². The minimum absolute atomic E-state index is 0.0526. The number of nitrogens with zero attached hydrogens (tertiary/aromatic N) is 1. The average Bonchev–Trinajstić information content (AvgIpc) is 3.15. The van der Waals surface area contributed by atoms with Crippen LogP contribution in [0.2, 0.25) is 0 Å². The van der Waals surface area contributed by atoms with Crippen molar-refractivity contribution in [3.63, 3.8) is 0 Å². The maximum atomic E-state index is 12.4. The van der Waals surface area contributed by atoms with Crippen molar-refractivity contribution in [3.05, 3.63) is 42.0 Å². The third-order valence-corrected chi connectivity index (χ3v) is 5.46. The molecule has 1 aromatic carbocycles. The average molecular weight is 356 g/mol. The molecule has 1 saturated heterocycles. The molecule has 2 N–H and O–H groups in total. The second-order valence-electron chi connectivity index (χ2n) is 7.34. The molecule has 1 heterocycles. The van der Waals surface area contributed by atoms with E-state index in [-0.39, 0.29) is 11.8 Å². The van der Waals surface area contributed by atoms with E-state index in [1.54, 1.807) is 0 Å². The Morgan fingerprint density at radius 1 is 1.23 bits per heavy atom. The molecule has 0 radical (unpaired) electrons. The summed E-state index contributed by atoms with van der Waals surface area (Å²) < 4.78 is 0. The summed E-state index contributed by atoms with van der Waals surface area (Å²) in [6.07, 6.45) is 8.11. The van der Waals surface area contributed by atoms with Crippen LogP contribution in [-0.2, 0) is 16.0 Å². The van der Waals surface area contributed by atoms with Crippen molar-refractivity contribution in [2.45, 2.75) is 32.6 Å². The number of anilines is 1. The molecule has 1 aromatic rings. The number of amides is 2. The lowest BCUT2D eigenvalue weighted by molar-refractivity contribution is -0.895. The van der Waals surface area contributed by atoms with Gasteiger partial charge in [-0.1, -0.05) is 37.3 Å². The van der Waals surface area contributed by atoms with Gasteiger partial charge in [-0.2, -0.15) is 0 Å². The molecule has 3 rings (SSSR count). The summed E-state index contributed by atoms with van der Waals surface area (Å²) in [5.74, 6) is 0.746. The van der Waals surface area contributed by atoms with Crippen molar-refractivity contribution < 1.29 is 14.5 Å². The first-order chi connectivity index (χ1) is 12.7. The minimum atomic E-state index is 0.0526. The Morgan fingerprint density at radius 3 is 2.69 bits per heavy atom. The molecule has 0 unspecified atom stereocenters. The van der Waals surface area contributed by atoms with Crippen LogP contribution in [-0.4, -0.2) is 49.4 Å². The Kier molecular flexibility index (Phi) is 6.45. The minimum Gasteiger partial charge on any atom is -0.331 e. The molecule has 0 spiro atoms. The Balaban J connectivity index is 1.42. The summed E-state index contributed by atoms with van der Waals surface area (Å²) in [6.45, 7) is 5.75. The normalized spacial score (nSPS) is 20.3. The highest BCUT2D eigenvalue weighted by atomic mass is 16.2. The van der Waals surface area contributed by atoms with Crippen LogP contribution in [0.3, 0.4) is 0 Å². The van der Waals surface area contributed by atoms with Crippen molar-refractivity contribution in [2.75, 3.05) is 38.0 Å². The van der Waals surface area contributed by atoms with Crippen LogP contribution in [0.4, 0.5) is 5.69 Å². The fraction of sp³-hybridized carbons (Fsp3) is 0.524. The van der Waals surface area contributed by atoms with Gasteiger partial charge in [0.05, 0.1) is 26.2 Å². The Labute approximate surface area is 156 Å². The lowest BCUT2D eigenvalue weighted by atomic mass is 10.0. The first-order valence-corrected chi connectivity index (χ1v) is 9.81. The van der Waals surface area contributed by atoms with Crippen LogP contribution < -0.4 is 10.2 Å². The quantitative estimate of drug-likeness (QED) is 0.755. The second kappa shape index (κ2) is 8.99. The predicted molar refractivity (Wildman–Crippen MR) is 103 cm³/mol. The summed E-state index contributed by atoms with van der Waals surface area (Å²) in [6, 6.07) is 7.95. The molecule has 1 atom stereocenters. The Morgan fingerprint density at radius 2 is 2.00 bits per heavy atom. The van der Waals surface area contributed by atoms with E-state index in [4.69, 9.17) is 0 Å². The number of quaternary nitrogens is 1. The molecular weight excluding hydrogens is 326 g/mol. The summed E-state index contributed by atoms with van der Waals surface area (Å²) in [5, 5.41) is 3.04. The molecule has 0 aromatic heterocycles. The van der Waals surface area contributed by atoms with Crippen LogP contribution in [0.1, 0.15) is 31.7 Å². The number of rotatable bonds is 6. The summed E-state index contributed by atoms with van der Waals surface area (Å²) >= 11 is 0. The maximum Gasteiger partial charge on any atom is 0.279 e. The highest BCUT2D eigenvalue weighted by molar-refractivity contribution is 5.92. The fourth-order valence-corrected chi connectivity index (χ4v) is 3.84. The number of nitrogens with one attached hydrogen (secondary N) is 2. The van der Waals surface area contributed by atoms with Gasteiger partial charge in [0.1, 0.15) is 0 Å².